The van der Waals surface area contributed by atoms with Gasteiger partial charge in [0, 0.05) is 11.4 Å². The molecule has 88 valence electrons. The maximum Gasteiger partial charge on any atom is 0.0463 e. The highest BCUT2D eigenvalue weighted by molar-refractivity contribution is 5.69. The fourth-order valence-corrected chi connectivity index (χ4v) is 1.95. The van der Waals surface area contributed by atoms with E-state index in [1.54, 1.807) is 0 Å². The third-order valence-corrected chi connectivity index (χ3v) is 3.14. The summed E-state index contributed by atoms with van der Waals surface area (Å²) >= 11 is 0. The van der Waals surface area contributed by atoms with Crippen molar-refractivity contribution in [2.45, 2.75) is 26.7 Å². The molecule has 1 heteroatoms. The fraction of sp³-hybridized carbons (Fsp3) is 0.250. The minimum Gasteiger partial charge on any atom is -0.355 e. The molecule has 0 spiro atoms. The summed E-state index contributed by atoms with van der Waals surface area (Å²) in [5.41, 5.74) is 6.95. The van der Waals surface area contributed by atoms with Gasteiger partial charge in [0.1, 0.15) is 0 Å². The van der Waals surface area contributed by atoms with Gasteiger partial charge in [-0.3, -0.25) is 0 Å². The Morgan fingerprint density at radius 1 is 1.24 bits per heavy atom. The van der Waals surface area contributed by atoms with E-state index < -0.39 is 0 Å². The van der Waals surface area contributed by atoms with Crippen LogP contribution < -0.4 is 5.32 Å². The van der Waals surface area contributed by atoms with Gasteiger partial charge < -0.3 is 5.32 Å². The van der Waals surface area contributed by atoms with E-state index in [-0.39, 0.29) is 0 Å². The van der Waals surface area contributed by atoms with Crippen molar-refractivity contribution in [3.63, 3.8) is 0 Å². The Morgan fingerprint density at radius 2 is 2.00 bits per heavy atom. The zero-order chi connectivity index (χ0) is 12.4. The van der Waals surface area contributed by atoms with Gasteiger partial charge in [0.25, 0.3) is 0 Å². The van der Waals surface area contributed by atoms with E-state index in [0.29, 0.717) is 0 Å². The number of benzene rings is 1. The van der Waals surface area contributed by atoms with Crippen LogP contribution in [0.4, 0.5) is 5.69 Å². The van der Waals surface area contributed by atoms with Gasteiger partial charge in [-0.25, -0.2) is 0 Å². The number of rotatable bonds is 4. The average molecular weight is 225 g/mol. The molecule has 0 saturated carbocycles. The van der Waals surface area contributed by atoms with E-state index in [1.165, 1.54) is 23.2 Å². The minimum atomic E-state index is 1.02. The van der Waals surface area contributed by atoms with Crippen molar-refractivity contribution in [3.8, 4) is 0 Å². The fourth-order valence-electron chi connectivity index (χ4n) is 1.95. The van der Waals surface area contributed by atoms with Crippen molar-refractivity contribution >= 4 is 5.69 Å². The summed E-state index contributed by atoms with van der Waals surface area (Å²) in [7, 11) is 0. The van der Waals surface area contributed by atoms with Gasteiger partial charge in [-0.1, -0.05) is 38.6 Å². The van der Waals surface area contributed by atoms with E-state index in [2.05, 4.69) is 50.5 Å². The molecule has 1 aliphatic rings. The quantitative estimate of drug-likeness (QED) is 0.802. The summed E-state index contributed by atoms with van der Waals surface area (Å²) in [6.07, 6.45) is 4.34. The Bertz CT molecular complexity index is 506. The highest BCUT2D eigenvalue weighted by atomic mass is 14.9. The molecule has 0 aliphatic heterocycles. The van der Waals surface area contributed by atoms with Crippen LogP contribution in [-0.4, -0.2) is 0 Å². The molecular weight excluding hydrogens is 206 g/mol. The molecular formula is C16H19N. The summed E-state index contributed by atoms with van der Waals surface area (Å²) in [6.45, 7) is 12.2. The van der Waals surface area contributed by atoms with Crippen molar-refractivity contribution < 1.29 is 0 Å². The number of allylic oxidation sites excluding steroid dienone is 2. The number of aryl methyl sites for hydroxylation is 2. The van der Waals surface area contributed by atoms with Gasteiger partial charge >= 0.3 is 0 Å². The van der Waals surface area contributed by atoms with Gasteiger partial charge in [-0.2, -0.15) is 0 Å². The molecule has 17 heavy (non-hydrogen) atoms. The second-order valence-corrected chi connectivity index (χ2v) is 4.59. The van der Waals surface area contributed by atoms with Crippen LogP contribution in [0.3, 0.4) is 0 Å². The van der Waals surface area contributed by atoms with Crippen LogP contribution >= 0.6 is 0 Å². The molecule has 0 bridgehead atoms. The lowest BCUT2D eigenvalue weighted by molar-refractivity contribution is 0.921. The number of anilines is 1. The Labute approximate surface area is 104 Å². The van der Waals surface area contributed by atoms with Gasteiger partial charge in [-0.05, 0) is 47.8 Å². The summed E-state index contributed by atoms with van der Waals surface area (Å²) in [5, 5.41) is 3.43. The standard InChI is InChI=1S/C16H19N/c1-5-6-14-8-7-11(2)15(10-14)17-16-9-12(3)13(16)4/h7-10,17H,3-6H2,1-2H3. The van der Waals surface area contributed by atoms with Crippen LogP contribution in [-0.2, 0) is 6.42 Å². The largest absolute Gasteiger partial charge is 0.355 e. The smallest absolute Gasteiger partial charge is 0.0463 e. The van der Waals surface area contributed by atoms with Crippen molar-refractivity contribution in [2.24, 2.45) is 0 Å². The Balaban J connectivity index is 2.20. The topological polar surface area (TPSA) is 12.0 Å². The van der Waals surface area contributed by atoms with E-state index in [4.69, 9.17) is 0 Å². The van der Waals surface area contributed by atoms with Crippen molar-refractivity contribution in [1.82, 2.24) is 0 Å². The molecule has 1 N–H and O–H groups in total. The molecule has 1 aliphatic carbocycles. The summed E-state index contributed by atoms with van der Waals surface area (Å²) in [4.78, 5) is 0. The lowest BCUT2D eigenvalue weighted by atomic mass is 9.93. The number of hydrogen-bond donors (Lipinski definition) is 1. The van der Waals surface area contributed by atoms with Crippen molar-refractivity contribution in [1.29, 1.82) is 0 Å². The van der Waals surface area contributed by atoms with Crippen LogP contribution in [0.15, 0.2) is 54.3 Å². The number of nitrogens with one attached hydrogen (secondary N) is 1. The van der Waals surface area contributed by atoms with E-state index in [1.807, 2.05) is 6.08 Å². The highest BCUT2D eigenvalue weighted by Crippen LogP contribution is 2.31. The Morgan fingerprint density at radius 3 is 2.59 bits per heavy atom. The lowest BCUT2D eigenvalue weighted by Gasteiger charge is -2.23. The van der Waals surface area contributed by atoms with Crippen molar-refractivity contribution in [3.05, 3.63) is 65.4 Å². The molecule has 2 rings (SSSR count). The Kier molecular flexibility index (Phi) is 3.19. The first-order valence-corrected chi connectivity index (χ1v) is 6.08. The molecule has 0 amide bonds. The normalized spacial score (nSPS) is 14.4. The highest BCUT2D eigenvalue weighted by Gasteiger charge is 2.15. The predicted molar refractivity (Wildman–Crippen MR) is 75.2 cm³/mol. The third-order valence-electron chi connectivity index (χ3n) is 3.14. The average Bonchev–Trinajstić information content (AvgIpc) is 2.32. The van der Waals surface area contributed by atoms with Gasteiger partial charge in [0.15, 0.2) is 0 Å². The minimum absolute atomic E-state index is 1.02. The first-order valence-electron chi connectivity index (χ1n) is 6.08. The maximum absolute atomic E-state index is 3.98. The second kappa shape index (κ2) is 4.62. The molecule has 0 unspecified atom stereocenters. The number of hydrogen-bond acceptors (Lipinski definition) is 1. The molecule has 1 nitrogen and oxygen atoms in total. The van der Waals surface area contributed by atoms with Crippen LogP contribution in [0.2, 0.25) is 0 Å². The van der Waals surface area contributed by atoms with Crippen LogP contribution in [0.5, 0.6) is 0 Å². The van der Waals surface area contributed by atoms with Gasteiger partial charge in [0.05, 0.1) is 0 Å². The third kappa shape index (κ3) is 2.33. The molecule has 0 atom stereocenters. The molecule has 1 aromatic carbocycles. The summed E-state index contributed by atoms with van der Waals surface area (Å²) in [5.74, 6) is 0. The van der Waals surface area contributed by atoms with Crippen LogP contribution in [0.25, 0.3) is 0 Å². The predicted octanol–water partition coefficient (Wildman–Crippen LogP) is 4.37. The monoisotopic (exact) mass is 225 g/mol. The zero-order valence-corrected chi connectivity index (χ0v) is 10.6. The van der Waals surface area contributed by atoms with Crippen LogP contribution in [0.1, 0.15) is 24.5 Å². The molecule has 0 radical (unpaired) electrons. The van der Waals surface area contributed by atoms with Gasteiger partial charge in [0.2, 0.25) is 0 Å². The second-order valence-electron chi connectivity index (χ2n) is 4.59. The molecule has 0 saturated heterocycles. The lowest BCUT2D eigenvalue weighted by Crippen LogP contribution is -2.11. The van der Waals surface area contributed by atoms with Gasteiger partial charge in [-0.15, -0.1) is 0 Å². The molecule has 1 aromatic rings. The Hall–Kier alpha value is -1.76. The zero-order valence-electron chi connectivity index (χ0n) is 10.6. The summed E-state index contributed by atoms with van der Waals surface area (Å²) in [6, 6.07) is 6.60. The molecule has 0 fully saturated rings. The SMILES string of the molecule is C=C1C=C(Nc2cc(CCC)ccc2C)C1=C. The van der Waals surface area contributed by atoms with E-state index in [9.17, 15) is 0 Å². The van der Waals surface area contributed by atoms with Crippen molar-refractivity contribution in [2.75, 3.05) is 5.32 Å². The summed E-state index contributed by atoms with van der Waals surface area (Å²) < 4.78 is 0. The molecule has 0 heterocycles. The first kappa shape index (κ1) is 11.7. The van der Waals surface area contributed by atoms with E-state index in [0.717, 1.165) is 23.3 Å². The molecule has 0 aromatic heterocycles. The van der Waals surface area contributed by atoms with E-state index >= 15 is 0 Å². The maximum atomic E-state index is 3.98. The first-order chi connectivity index (χ1) is 8.11. The van der Waals surface area contributed by atoms with Crippen LogP contribution in [0, 0.1) is 6.92 Å².